The summed E-state index contributed by atoms with van der Waals surface area (Å²) in [6.45, 7) is 3.87. The Bertz CT molecular complexity index is 847. The van der Waals surface area contributed by atoms with Crippen molar-refractivity contribution in [3.05, 3.63) is 83.9 Å². The number of nitrogens with zero attached hydrogens (tertiary/aromatic N) is 2. The van der Waals surface area contributed by atoms with Gasteiger partial charge in [0, 0.05) is 23.6 Å². The van der Waals surface area contributed by atoms with Gasteiger partial charge in [-0.15, -0.1) is 0 Å². The zero-order valence-corrected chi connectivity index (χ0v) is 14.2. The van der Waals surface area contributed by atoms with Crippen LogP contribution in [0, 0.1) is 6.92 Å². The number of amides is 1. The molecule has 126 valence electrons. The first-order valence-corrected chi connectivity index (χ1v) is 8.14. The number of aryl methyl sites for hydroxylation is 1. The molecule has 0 saturated carbocycles. The van der Waals surface area contributed by atoms with Gasteiger partial charge in [0.1, 0.15) is 11.5 Å². The third-order valence-corrected chi connectivity index (χ3v) is 3.83. The van der Waals surface area contributed by atoms with Gasteiger partial charge < -0.3 is 10.6 Å². The highest BCUT2D eigenvalue weighted by molar-refractivity contribution is 6.02. The highest BCUT2D eigenvalue weighted by Gasteiger charge is 2.09. The molecule has 0 aliphatic carbocycles. The Morgan fingerprint density at radius 3 is 2.32 bits per heavy atom. The Labute approximate surface area is 147 Å². The van der Waals surface area contributed by atoms with Crippen LogP contribution in [0.15, 0.2) is 66.9 Å². The zero-order chi connectivity index (χ0) is 17.6. The molecule has 5 heteroatoms. The van der Waals surface area contributed by atoms with Crippen LogP contribution in [0.4, 0.5) is 11.4 Å². The van der Waals surface area contributed by atoms with E-state index in [1.165, 1.54) is 5.56 Å². The maximum absolute atomic E-state index is 12.2. The summed E-state index contributed by atoms with van der Waals surface area (Å²) in [5.74, 6) is 0.325. The molecular formula is C20H20N4O. The van der Waals surface area contributed by atoms with Crippen molar-refractivity contribution >= 4 is 17.3 Å². The van der Waals surface area contributed by atoms with Gasteiger partial charge in [-0.3, -0.25) is 4.79 Å². The van der Waals surface area contributed by atoms with Crippen LogP contribution < -0.4 is 10.6 Å². The number of hydrogen-bond donors (Lipinski definition) is 2. The standard InChI is InChI=1S/C20H20N4O/c1-14(16-6-4-3-5-7-16)22-17-8-10-18(11-9-17)24-20(25)19-12-13-21-15(2)23-19/h3-14,22H,1-2H3,(H,24,25)/t14-/m1/s1. The predicted molar refractivity (Wildman–Crippen MR) is 99.6 cm³/mol. The number of nitrogens with one attached hydrogen (secondary N) is 2. The predicted octanol–water partition coefficient (Wildman–Crippen LogP) is 4.21. The minimum Gasteiger partial charge on any atom is -0.379 e. The van der Waals surface area contributed by atoms with Crippen molar-refractivity contribution in [1.29, 1.82) is 0 Å². The summed E-state index contributed by atoms with van der Waals surface area (Å²) in [5, 5.41) is 6.29. The maximum Gasteiger partial charge on any atom is 0.274 e. The van der Waals surface area contributed by atoms with Gasteiger partial charge in [-0.2, -0.15) is 0 Å². The highest BCUT2D eigenvalue weighted by atomic mass is 16.1. The lowest BCUT2D eigenvalue weighted by Crippen LogP contribution is -2.14. The van der Waals surface area contributed by atoms with Gasteiger partial charge in [-0.05, 0) is 49.7 Å². The summed E-state index contributed by atoms with van der Waals surface area (Å²) >= 11 is 0. The van der Waals surface area contributed by atoms with Crippen molar-refractivity contribution in [2.75, 3.05) is 10.6 Å². The monoisotopic (exact) mass is 332 g/mol. The average molecular weight is 332 g/mol. The van der Waals surface area contributed by atoms with E-state index in [4.69, 9.17) is 0 Å². The van der Waals surface area contributed by atoms with Crippen LogP contribution in [0.25, 0.3) is 0 Å². The molecule has 5 nitrogen and oxygen atoms in total. The fourth-order valence-electron chi connectivity index (χ4n) is 2.50. The number of hydrogen-bond acceptors (Lipinski definition) is 4. The molecule has 1 amide bonds. The number of benzene rings is 2. The first kappa shape index (κ1) is 16.6. The molecule has 1 aromatic heterocycles. The van der Waals surface area contributed by atoms with E-state index in [0.717, 1.165) is 11.4 Å². The topological polar surface area (TPSA) is 66.9 Å². The number of anilines is 2. The van der Waals surface area contributed by atoms with Gasteiger partial charge in [-0.25, -0.2) is 9.97 Å². The number of aromatic nitrogens is 2. The lowest BCUT2D eigenvalue weighted by atomic mass is 10.1. The van der Waals surface area contributed by atoms with Gasteiger partial charge >= 0.3 is 0 Å². The van der Waals surface area contributed by atoms with E-state index in [1.807, 2.05) is 42.5 Å². The van der Waals surface area contributed by atoms with Crippen LogP contribution in [0.2, 0.25) is 0 Å². The van der Waals surface area contributed by atoms with Crippen molar-refractivity contribution in [2.45, 2.75) is 19.9 Å². The number of carbonyl (C=O) groups excluding carboxylic acids is 1. The second kappa shape index (κ2) is 7.57. The lowest BCUT2D eigenvalue weighted by Gasteiger charge is -2.16. The van der Waals surface area contributed by atoms with E-state index >= 15 is 0 Å². The van der Waals surface area contributed by atoms with Crippen LogP contribution in [0.3, 0.4) is 0 Å². The van der Waals surface area contributed by atoms with E-state index in [1.54, 1.807) is 19.2 Å². The Morgan fingerprint density at radius 2 is 1.64 bits per heavy atom. The van der Waals surface area contributed by atoms with Gasteiger partial charge in [-0.1, -0.05) is 30.3 Å². The lowest BCUT2D eigenvalue weighted by molar-refractivity contribution is 0.102. The van der Waals surface area contributed by atoms with E-state index in [0.29, 0.717) is 11.5 Å². The molecule has 0 saturated heterocycles. The first-order chi connectivity index (χ1) is 12.1. The van der Waals surface area contributed by atoms with Crippen molar-refractivity contribution in [1.82, 2.24) is 9.97 Å². The molecule has 2 N–H and O–H groups in total. The van der Waals surface area contributed by atoms with E-state index < -0.39 is 0 Å². The van der Waals surface area contributed by atoms with Crippen molar-refractivity contribution < 1.29 is 4.79 Å². The summed E-state index contributed by atoms with van der Waals surface area (Å²) < 4.78 is 0. The van der Waals surface area contributed by atoms with Gasteiger partial charge in [0.05, 0.1) is 0 Å². The van der Waals surface area contributed by atoms with Crippen molar-refractivity contribution in [3.63, 3.8) is 0 Å². The van der Waals surface area contributed by atoms with Crippen LogP contribution in [0.5, 0.6) is 0 Å². The largest absolute Gasteiger partial charge is 0.379 e. The normalized spacial score (nSPS) is 11.6. The Morgan fingerprint density at radius 1 is 0.960 bits per heavy atom. The molecule has 3 rings (SSSR count). The molecule has 25 heavy (non-hydrogen) atoms. The highest BCUT2D eigenvalue weighted by Crippen LogP contribution is 2.20. The second-order valence-corrected chi connectivity index (χ2v) is 5.80. The smallest absolute Gasteiger partial charge is 0.274 e. The van der Waals surface area contributed by atoms with E-state index in [9.17, 15) is 4.79 Å². The third kappa shape index (κ3) is 4.41. The number of carbonyl (C=O) groups is 1. The van der Waals surface area contributed by atoms with Crippen LogP contribution >= 0.6 is 0 Å². The summed E-state index contributed by atoms with van der Waals surface area (Å²) in [7, 11) is 0. The van der Waals surface area contributed by atoms with Gasteiger partial charge in [0.15, 0.2) is 0 Å². The SMILES string of the molecule is Cc1nccc(C(=O)Nc2ccc(N[C@H](C)c3ccccc3)cc2)n1. The van der Waals surface area contributed by atoms with Gasteiger partial charge in [0.2, 0.25) is 0 Å². The van der Waals surface area contributed by atoms with Gasteiger partial charge in [0.25, 0.3) is 5.91 Å². The molecule has 3 aromatic rings. The molecule has 0 unspecified atom stereocenters. The van der Waals surface area contributed by atoms with Crippen LogP contribution in [-0.4, -0.2) is 15.9 Å². The van der Waals surface area contributed by atoms with Crippen molar-refractivity contribution in [2.24, 2.45) is 0 Å². The summed E-state index contributed by atoms with van der Waals surface area (Å²) in [6.07, 6.45) is 1.58. The van der Waals surface area contributed by atoms with Crippen LogP contribution in [0.1, 0.15) is 34.8 Å². The minimum absolute atomic E-state index is 0.200. The van der Waals surface area contributed by atoms with E-state index in [-0.39, 0.29) is 11.9 Å². The molecule has 1 heterocycles. The van der Waals surface area contributed by atoms with E-state index in [2.05, 4.69) is 39.7 Å². The summed E-state index contributed by atoms with van der Waals surface area (Å²) in [5.41, 5.74) is 3.29. The average Bonchev–Trinajstić information content (AvgIpc) is 2.64. The number of rotatable bonds is 5. The molecule has 2 aromatic carbocycles. The molecule has 0 spiro atoms. The summed E-state index contributed by atoms with van der Waals surface area (Å²) in [6, 6.07) is 19.7. The third-order valence-electron chi connectivity index (χ3n) is 3.83. The Balaban J connectivity index is 1.63. The molecular weight excluding hydrogens is 312 g/mol. The maximum atomic E-state index is 12.2. The molecule has 0 aliphatic rings. The van der Waals surface area contributed by atoms with Crippen molar-refractivity contribution in [3.8, 4) is 0 Å². The zero-order valence-electron chi connectivity index (χ0n) is 14.2. The minimum atomic E-state index is -0.246. The summed E-state index contributed by atoms with van der Waals surface area (Å²) in [4.78, 5) is 20.3. The second-order valence-electron chi connectivity index (χ2n) is 5.80. The molecule has 1 atom stereocenters. The molecule has 0 radical (unpaired) electrons. The fraction of sp³-hybridized carbons (Fsp3) is 0.150. The Hall–Kier alpha value is -3.21. The Kier molecular flexibility index (Phi) is 5.04. The quantitative estimate of drug-likeness (QED) is 0.734. The molecule has 0 bridgehead atoms. The van der Waals surface area contributed by atoms with Crippen LogP contribution in [-0.2, 0) is 0 Å². The molecule has 0 aliphatic heterocycles. The first-order valence-electron chi connectivity index (χ1n) is 8.14. The molecule has 0 fully saturated rings. The fourth-order valence-corrected chi connectivity index (χ4v) is 2.50.